The minimum atomic E-state index is -4.85. The Labute approximate surface area is 162 Å². The second-order valence-corrected chi connectivity index (χ2v) is 5.45. The first-order valence-corrected chi connectivity index (χ1v) is 7.97. The molecule has 0 unspecified atom stereocenters. The maximum atomic E-state index is 14.7. The molecule has 0 aliphatic heterocycles. The molecule has 8 nitrogen and oxygen atoms in total. The van der Waals surface area contributed by atoms with Crippen LogP contribution in [0.3, 0.4) is 0 Å². The summed E-state index contributed by atoms with van der Waals surface area (Å²) in [5.74, 6) is -4.40. The van der Waals surface area contributed by atoms with E-state index in [9.17, 15) is 22.4 Å². The highest BCUT2D eigenvalue weighted by molar-refractivity contribution is 5.92. The fourth-order valence-electron chi connectivity index (χ4n) is 2.37. The van der Waals surface area contributed by atoms with Gasteiger partial charge in [0.1, 0.15) is 12.2 Å². The van der Waals surface area contributed by atoms with Gasteiger partial charge in [0.25, 0.3) is 0 Å². The average Bonchev–Trinajstić information content (AvgIpc) is 2.66. The minimum absolute atomic E-state index is 0.103. The van der Waals surface area contributed by atoms with Crippen molar-refractivity contribution in [3.05, 3.63) is 29.2 Å². The van der Waals surface area contributed by atoms with Crippen LogP contribution in [0.5, 0.6) is 11.5 Å². The third kappa shape index (κ3) is 4.65. The molecular formula is C17H17F4N3O5. The number of nitrogens with two attached hydrogens (primary N) is 1. The van der Waals surface area contributed by atoms with Crippen LogP contribution >= 0.6 is 0 Å². The zero-order valence-corrected chi connectivity index (χ0v) is 15.6. The molecule has 1 aromatic heterocycles. The number of ether oxygens (including phenoxy) is 4. The molecule has 0 radical (unpaired) electrons. The van der Waals surface area contributed by atoms with Gasteiger partial charge >= 0.3 is 12.1 Å². The number of hydrogen-bond donors (Lipinski definition) is 1. The van der Waals surface area contributed by atoms with E-state index in [1.54, 1.807) is 0 Å². The van der Waals surface area contributed by atoms with Crippen molar-refractivity contribution in [1.82, 2.24) is 9.97 Å². The second-order valence-electron chi connectivity index (χ2n) is 5.45. The van der Waals surface area contributed by atoms with E-state index in [2.05, 4.69) is 14.7 Å². The first kappa shape index (κ1) is 22.1. The van der Waals surface area contributed by atoms with Crippen molar-refractivity contribution in [2.24, 2.45) is 0 Å². The number of anilines is 1. The van der Waals surface area contributed by atoms with Gasteiger partial charge in [-0.2, -0.15) is 13.2 Å². The van der Waals surface area contributed by atoms with E-state index in [0.29, 0.717) is 6.07 Å². The molecule has 0 aliphatic carbocycles. The Morgan fingerprint density at radius 1 is 1.07 bits per heavy atom. The van der Waals surface area contributed by atoms with Gasteiger partial charge in [-0.05, 0) is 12.1 Å². The number of benzene rings is 1. The molecule has 2 aromatic rings. The van der Waals surface area contributed by atoms with Crippen LogP contribution in [0, 0.1) is 5.82 Å². The number of carbonyl (C=O) groups excluding carboxylic acids is 1. The van der Waals surface area contributed by atoms with Gasteiger partial charge in [-0.1, -0.05) is 0 Å². The van der Waals surface area contributed by atoms with Gasteiger partial charge in [0.05, 0.1) is 26.4 Å². The van der Waals surface area contributed by atoms with Crippen molar-refractivity contribution in [1.29, 1.82) is 0 Å². The molecule has 0 atom stereocenters. The van der Waals surface area contributed by atoms with Crippen LogP contribution in [-0.2, 0) is 15.7 Å². The van der Waals surface area contributed by atoms with E-state index in [4.69, 9.17) is 19.9 Å². The quantitative estimate of drug-likeness (QED) is 0.415. The SMILES string of the molecule is COCCOC(=O)c1nc(-c2ccc(C(F)(F)F)c(OC)c2F)nc(N)c1OC. The van der Waals surface area contributed by atoms with E-state index < -0.39 is 46.4 Å². The number of rotatable bonds is 7. The first-order chi connectivity index (χ1) is 13.6. The van der Waals surface area contributed by atoms with Gasteiger partial charge in [0.2, 0.25) is 0 Å². The monoisotopic (exact) mass is 419 g/mol. The number of nitrogen functional groups attached to an aromatic ring is 1. The van der Waals surface area contributed by atoms with Crippen molar-refractivity contribution in [3.8, 4) is 22.9 Å². The largest absolute Gasteiger partial charge is 0.493 e. The van der Waals surface area contributed by atoms with Gasteiger partial charge in [-0.25, -0.2) is 19.2 Å². The third-order valence-corrected chi connectivity index (χ3v) is 3.66. The Hall–Kier alpha value is -3.15. The lowest BCUT2D eigenvalue weighted by Crippen LogP contribution is -2.16. The summed E-state index contributed by atoms with van der Waals surface area (Å²) in [6.07, 6.45) is -4.85. The molecule has 2 N–H and O–H groups in total. The van der Waals surface area contributed by atoms with Crippen LogP contribution < -0.4 is 15.2 Å². The van der Waals surface area contributed by atoms with Gasteiger partial charge in [-0.15, -0.1) is 0 Å². The zero-order valence-electron chi connectivity index (χ0n) is 15.6. The topological polar surface area (TPSA) is 106 Å². The van der Waals surface area contributed by atoms with E-state index in [1.807, 2.05) is 0 Å². The predicted molar refractivity (Wildman–Crippen MR) is 92.1 cm³/mol. The van der Waals surface area contributed by atoms with Crippen LogP contribution in [-0.4, -0.2) is 50.5 Å². The first-order valence-electron chi connectivity index (χ1n) is 7.97. The summed E-state index contributed by atoms with van der Waals surface area (Å²) in [5.41, 5.74) is 3.53. The van der Waals surface area contributed by atoms with Gasteiger partial charge in [0, 0.05) is 7.11 Å². The molecule has 1 aromatic carbocycles. The molecule has 1 heterocycles. The summed E-state index contributed by atoms with van der Waals surface area (Å²) < 4.78 is 73.1. The fraction of sp³-hybridized carbons (Fsp3) is 0.353. The molecule has 0 bridgehead atoms. The highest BCUT2D eigenvalue weighted by Gasteiger charge is 2.37. The third-order valence-electron chi connectivity index (χ3n) is 3.66. The number of esters is 1. The summed E-state index contributed by atoms with van der Waals surface area (Å²) in [5, 5.41) is 0. The Kier molecular flexibility index (Phi) is 6.80. The molecule has 158 valence electrons. The average molecular weight is 419 g/mol. The minimum Gasteiger partial charge on any atom is -0.493 e. The highest BCUT2D eigenvalue weighted by Crippen LogP contribution is 2.41. The smallest absolute Gasteiger partial charge is 0.420 e. The molecular weight excluding hydrogens is 402 g/mol. The van der Waals surface area contributed by atoms with Crippen molar-refractivity contribution in [2.75, 3.05) is 40.3 Å². The molecule has 0 aliphatic rings. The fourth-order valence-corrected chi connectivity index (χ4v) is 2.37. The normalized spacial score (nSPS) is 11.3. The van der Waals surface area contributed by atoms with Crippen molar-refractivity contribution in [2.45, 2.75) is 6.18 Å². The Morgan fingerprint density at radius 3 is 2.28 bits per heavy atom. The lowest BCUT2D eigenvalue weighted by molar-refractivity contribution is -0.139. The van der Waals surface area contributed by atoms with E-state index in [0.717, 1.165) is 13.2 Å². The van der Waals surface area contributed by atoms with Crippen molar-refractivity contribution in [3.63, 3.8) is 0 Å². The van der Waals surface area contributed by atoms with Crippen LogP contribution in [0.4, 0.5) is 23.4 Å². The van der Waals surface area contributed by atoms with Crippen LogP contribution in [0.1, 0.15) is 16.1 Å². The number of carbonyl (C=O) groups is 1. The maximum absolute atomic E-state index is 14.7. The number of methoxy groups -OCH3 is 3. The van der Waals surface area contributed by atoms with E-state index >= 15 is 0 Å². The predicted octanol–water partition coefficient (Wildman–Crippen LogP) is 2.70. The van der Waals surface area contributed by atoms with Gasteiger partial charge < -0.3 is 24.7 Å². The van der Waals surface area contributed by atoms with Crippen LogP contribution in [0.25, 0.3) is 11.4 Å². The van der Waals surface area contributed by atoms with Crippen molar-refractivity contribution < 1.29 is 41.3 Å². The Morgan fingerprint density at radius 2 is 1.72 bits per heavy atom. The maximum Gasteiger partial charge on any atom is 0.420 e. The lowest BCUT2D eigenvalue weighted by atomic mass is 10.1. The lowest BCUT2D eigenvalue weighted by Gasteiger charge is -2.15. The number of halogens is 4. The molecule has 0 spiro atoms. The Balaban J connectivity index is 2.60. The molecule has 29 heavy (non-hydrogen) atoms. The van der Waals surface area contributed by atoms with Gasteiger partial charge in [-0.3, -0.25) is 0 Å². The van der Waals surface area contributed by atoms with E-state index in [1.165, 1.54) is 14.2 Å². The summed E-state index contributed by atoms with van der Waals surface area (Å²) in [6.45, 7) is -0.00754. The standard InChI is InChI=1S/C17H17F4N3O5/c1-26-6-7-29-16(25)11-13(28-3)14(22)24-15(23-11)8-4-5-9(17(19,20)21)12(27-2)10(8)18/h4-5H,6-7H2,1-3H3,(H2,22,23,24). The molecule has 12 heteroatoms. The Bertz CT molecular complexity index is 906. The number of nitrogens with zero attached hydrogens (tertiary/aromatic N) is 2. The van der Waals surface area contributed by atoms with E-state index in [-0.39, 0.29) is 24.8 Å². The summed E-state index contributed by atoms with van der Waals surface area (Å²) in [4.78, 5) is 19.9. The molecule has 0 amide bonds. The van der Waals surface area contributed by atoms with Gasteiger partial charge in [0.15, 0.2) is 34.7 Å². The number of hydrogen-bond acceptors (Lipinski definition) is 8. The summed E-state index contributed by atoms with van der Waals surface area (Å²) in [7, 11) is 3.48. The number of aromatic nitrogens is 2. The van der Waals surface area contributed by atoms with Crippen LogP contribution in [0.15, 0.2) is 12.1 Å². The van der Waals surface area contributed by atoms with Crippen molar-refractivity contribution >= 4 is 11.8 Å². The highest BCUT2D eigenvalue weighted by atomic mass is 19.4. The van der Waals surface area contributed by atoms with Crippen LogP contribution in [0.2, 0.25) is 0 Å². The summed E-state index contributed by atoms with van der Waals surface area (Å²) >= 11 is 0. The molecule has 0 fully saturated rings. The molecule has 0 saturated heterocycles. The second kappa shape index (κ2) is 8.90. The number of alkyl halides is 3. The molecule has 0 saturated carbocycles. The summed E-state index contributed by atoms with van der Waals surface area (Å²) in [6, 6.07) is 1.42. The molecule has 2 rings (SSSR count). The zero-order chi connectivity index (χ0) is 21.8.